The van der Waals surface area contributed by atoms with Gasteiger partial charge in [-0.2, -0.15) is 0 Å². The number of benzene rings is 2. The molecule has 2 aromatic carbocycles. The average Bonchev–Trinajstić information content (AvgIpc) is 3.26. The van der Waals surface area contributed by atoms with E-state index in [0.717, 1.165) is 9.86 Å². The van der Waals surface area contributed by atoms with E-state index in [-0.39, 0.29) is 17.0 Å². The molecule has 0 unspecified atom stereocenters. The molecular weight excluding hydrogens is 470 g/mol. The molecule has 0 radical (unpaired) electrons. The maximum atomic E-state index is 12.9. The van der Waals surface area contributed by atoms with E-state index in [1.165, 1.54) is 18.4 Å². The normalized spacial score (nSPS) is 11.5. The highest BCUT2D eigenvalue weighted by atomic mass is 79.9. The highest BCUT2D eigenvalue weighted by Crippen LogP contribution is 2.21. The minimum Gasteiger partial charge on any atom is -0.465 e. The number of hydrogen-bond acceptors (Lipinski definition) is 7. The number of methoxy groups -OCH3 is 1. The van der Waals surface area contributed by atoms with Crippen LogP contribution in [0.2, 0.25) is 0 Å². The number of thiazole rings is 1. The summed E-state index contributed by atoms with van der Waals surface area (Å²) in [4.78, 5) is 33.1. The molecule has 0 atom stereocenters. The molecule has 30 heavy (non-hydrogen) atoms. The Morgan fingerprint density at radius 3 is 2.67 bits per heavy atom. The van der Waals surface area contributed by atoms with Gasteiger partial charge < -0.3 is 9.15 Å². The van der Waals surface area contributed by atoms with Gasteiger partial charge in [-0.1, -0.05) is 15.9 Å². The van der Waals surface area contributed by atoms with Gasteiger partial charge in [-0.05, 0) is 48.5 Å². The lowest BCUT2D eigenvalue weighted by molar-refractivity contribution is 0.0600. The number of ether oxygens (including phenoxy) is 1. The number of rotatable bonds is 4. The molecular formula is C21H14BrN3O4S. The highest BCUT2D eigenvalue weighted by molar-refractivity contribution is 9.10. The first-order valence-corrected chi connectivity index (χ1v) is 10.4. The number of carbonyl (C=O) groups is 2. The van der Waals surface area contributed by atoms with Crippen LogP contribution in [0.3, 0.4) is 0 Å². The second-order valence-corrected chi connectivity index (χ2v) is 7.90. The van der Waals surface area contributed by atoms with Gasteiger partial charge in [0.15, 0.2) is 5.13 Å². The summed E-state index contributed by atoms with van der Waals surface area (Å²) >= 11 is 4.74. The van der Waals surface area contributed by atoms with Gasteiger partial charge in [0.25, 0.3) is 5.91 Å². The van der Waals surface area contributed by atoms with Gasteiger partial charge in [-0.25, -0.2) is 14.8 Å². The Balaban J connectivity index is 1.82. The number of anilines is 1. The number of hydrogen-bond donors (Lipinski definition) is 1. The minimum atomic E-state index is -0.439. The van der Waals surface area contributed by atoms with Crippen molar-refractivity contribution in [1.82, 2.24) is 4.98 Å². The van der Waals surface area contributed by atoms with E-state index < -0.39 is 5.97 Å². The predicted octanol–water partition coefficient (Wildman–Crippen LogP) is 4.92. The molecule has 7 nitrogen and oxygen atoms in total. The summed E-state index contributed by atoms with van der Waals surface area (Å²) in [7, 11) is 1.32. The van der Waals surface area contributed by atoms with E-state index in [0.29, 0.717) is 22.0 Å². The Labute approximate surface area is 183 Å². The molecule has 4 rings (SSSR count). The van der Waals surface area contributed by atoms with Gasteiger partial charge in [0, 0.05) is 21.4 Å². The first-order valence-electron chi connectivity index (χ1n) is 8.71. The molecule has 0 fully saturated rings. The van der Waals surface area contributed by atoms with Gasteiger partial charge in [0.05, 0.1) is 18.4 Å². The second-order valence-electron chi connectivity index (χ2n) is 6.09. The molecule has 1 N–H and O–H groups in total. The fourth-order valence-corrected chi connectivity index (χ4v) is 3.61. The molecule has 0 aliphatic heterocycles. The Morgan fingerprint density at radius 1 is 1.17 bits per heavy atom. The number of nitrogens with zero attached hydrogens (tertiary/aromatic N) is 2. The standard InChI is InChI=1S/C21H14BrN3O4S/c1-28-20(27)12-2-5-15(6-3-12)24-19-16(18(26)25-21-23-8-9-30-21)11-13-10-14(22)4-7-17(13)29-19/h2-11H,1H3,(H,23,25,26). The molecule has 150 valence electrons. The van der Waals surface area contributed by atoms with E-state index in [2.05, 4.69) is 31.2 Å². The summed E-state index contributed by atoms with van der Waals surface area (Å²) in [6, 6.07) is 13.7. The van der Waals surface area contributed by atoms with Gasteiger partial charge in [-0.3, -0.25) is 10.1 Å². The Kier molecular flexibility index (Phi) is 5.73. The molecule has 0 saturated heterocycles. The highest BCUT2D eigenvalue weighted by Gasteiger charge is 2.14. The largest absolute Gasteiger partial charge is 0.465 e. The van der Waals surface area contributed by atoms with Crippen molar-refractivity contribution in [3.8, 4) is 0 Å². The van der Waals surface area contributed by atoms with Gasteiger partial charge in [-0.15, -0.1) is 11.3 Å². The summed E-state index contributed by atoms with van der Waals surface area (Å²) in [6.07, 6.45) is 1.61. The van der Waals surface area contributed by atoms with E-state index in [1.54, 1.807) is 48.0 Å². The maximum absolute atomic E-state index is 12.9. The summed E-state index contributed by atoms with van der Waals surface area (Å²) in [6.45, 7) is 0. The third kappa shape index (κ3) is 4.32. The van der Waals surface area contributed by atoms with Gasteiger partial charge in [0.1, 0.15) is 11.1 Å². The lowest BCUT2D eigenvalue weighted by Gasteiger charge is -2.06. The van der Waals surface area contributed by atoms with Crippen molar-refractivity contribution in [1.29, 1.82) is 0 Å². The first kappa shape index (κ1) is 20.0. The van der Waals surface area contributed by atoms with Crippen LogP contribution < -0.4 is 10.9 Å². The van der Waals surface area contributed by atoms with E-state index in [9.17, 15) is 9.59 Å². The molecule has 0 saturated carbocycles. The van der Waals surface area contributed by atoms with Crippen LogP contribution in [0.15, 0.2) is 74.0 Å². The van der Waals surface area contributed by atoms with Crippen molar-refractivity contribution < 1.29 is 18.7 Å². The molecule has 2 heterocycles. The van der Waals surface area contributed by atoms with Crippen LogP contribution in [-0.4, -0.2) is 24.0 Å². The van der Waals surface area contributed by atoms with Crippen molar-refractivity contribution in [2.24, 2.45) is 4.99 Å². The lowest BCUT2D eigenvalue weighted by Crippen LogP contribution is -2.21. The van der Waals surface area contributed by atoms with Crippen molar-refractivity contribution in [3.63, 3.8) is 0 Å². The third-order valence-electron chi connectivity index (χ3n) is 4.13. The monoisotopic (exact) mass is 483 g/mol. The van der Waals surface area contributed by atoms with E-state index >= 15 is 0 Å². The van der Waals surface area contributed by atoms with Gasteiger partial charge in [0.2, 0.25) is 5.55 Å². The number of aromatic nitrogens is 1. The van der Waals surface area contributed by atoms with Crippen molar-refractivity contribution >= 4 is 60.9 Å². The smallest absolute Gasteiger partial charge is 0.337 e. The molecule has 0 aliphatic carbocycles. The second kappa shape index (κ2) is 8.60. The van der Waals surface area contributed by atoms with Crippen molar-refractivity contribution in [3.05, 3.63) is 81.3 Å². The summed E-state index contributed by atoms with van der Waals surface area (Å²) in [5.41, 5.74) is 1.90. The molecule has 0 spiro atoms. The first-order chi connectivity index (χ1) is 14.5. The number of carbonyl (C=O) groups excluding carboxylic acids is 2. The van der Waals surface area contributed by atoms with Crippen LogP contribution in [0.25, 0.3) is 11.0 Å². The number of fused-ring (bicyclic) bond motifs is 1. The van der Waals surface area contributed by atoms with Crippen LogP contribution in [0, 0.1) is 0 Å². The average molecular weight is 484 g/mol. The minimum absolute atomic E-state index is 0.143. The van der Waals surface area contributed by atoms with Crippen LogP contribution in [0.1, 0.15) is 20.7 Å². The predicted molar refractivity (Wildman–Crippen MR) is 117 cm³/mol. The summed E-state index contributed by atoms with van der Waals surface area (Å²) in [5.74, 6) is -0.827. The third-order valence-corrected chi connectivity index (χ3v) is 5.31. The topological polar surface area (TPSA) is 93.8 Å². The van der Waals surface area contributed by atoms with Crippen LogP contribution >= 0.6 is 27.3 Å². The molecule has 1 amide bonds. The van der Waals surface area contributed by atoms with E-state index in [4.69, 9.17) is 9.15 Å². The fourth-order valence-electron chi connectivity index (χ4n) is 2.70. The van der Waals surface area contributed by atoms with Crippen molar-refractivity contribution in [2.45, 2.75) is 0 Å². The molecule has 2 aromatic heterocycles. The summed E-state index contributed by atoms with van der Waals surface area (Å²) in [5, 5.41) is 5.74. The number of halogens is 1. The molecule has 0 bridgehead atoms. The van der Waals surface area contributed by atoms with Crippen LogP contribution in [-0.2, 0) is 4.74 Å². The Bertz CT molecular complexity index is 1300. The van der Waals surface area contributed by atoms with Crippen LogP contribution in [0.5, 0.6) is 0 Å². The zero-order valence-corrected chi connectivity index (χ0v) is 18.0. The quantitative estimate of drug-likeness (QED) is 0.415. The Hall–Kier alpha value is -3.30. The van der Waals surface area contributed by atoms with Crippen LogP contribution in [0.4, 0.5) is 10.8 Å². The molecule has 9 heteroatoms. The Morgan fingerprint density at radius 2 is 1.97 bits per heavy atom. The lowest BCUT2D eigenvalue weighted by atomic mass is 10.1. The number of amides is 1. The SMILES string of the molecule is COC(=O)c1ccc(N=c2oc3ccc(Br)cc3cc2C(=O)Nc2nccs2)cc1. The van der Waals surface area contributed by atoms with Gasteiger partial charge >= 0.3 is 5.97 Å². The zero-order valence-electron chi connectivity index (χ0n) is 15.6. The number of nitrogens with one attached hydrogen (secondary N) is 1. The fraction of sp³-hybridized carbons (Fsp3) is 0.0476. The maximum Gasteiger partial charge on any atom is 0.337 e. The molecule has 4 aromatic rings. The zero-order chi connectivity index (χ0) is 21.1. The summed E-state index contributed by atoms with van der Waals surface area (Å²) < 4.78 is 11.5. The van der Waals surface area contributed by atoms with Crippen molar-refractivity contribution in [2.75, 3.05) is 12.4 Å². The van der Waals surface area contributed by atoms with E-state index in [1.807, 2.05) is 12.1 Å². The number of esters is 1. The molecule has 0 aliphatic rings.